The zero-order valence-electron chi connectivity index (χ0n) is 8.97. The van der Waals surface area contributed by atoms with Crippen LogP contribution < -0.4 is 0 Å². The summed E-state index contributed by atoms with van der Waals surface area (Å²) >= 11 is 0. The Bertz CT molecular complexity index is 382. The maximum atomic E-state index is 10.4. The highest BCUT2D eigenvalue weighted by molar-refractivity contribution is 5.98. The number of rotatable bonds is 3. The summed E-state index contributed by atoms with van der Waals surface area (Å²) in [6, 6.07) is 6.34. The first-order valence-electron chi connectivity index (χ1n) is 4.48. The molecule has 80 valence electrons. The molecule has 0 fully saturated rings. The van der Waals surface area contributed by atoms with Gasteiger partial charge in [0, 0.05) is 26.2 Å². The molecule has 0 atom stereocenters. The van der Waals surface area contributed by atoms with E-state index in [-0.39, 0.29) is 5.69 Å². The van der Waals surface area contributed by atoms with Crippen molar-refractivity contribution >= 4 is 11.4 Å². The van der Waals surface area contributed by atoms with Crippen LogP contribution in [0.4, 0.5) is 5.69 Å². The number of hydrogen-bond acceptors (Lipinski definition) is 4. The van der Waals surface area contributed by atoms with Gasteiger partial charge in [-0.2, -0.15) is 5.10 Å². The van der Waals surface area contributed by atoms with Crippen molar-refractivity contribution in [3.05, 3.63) is 39.9 Å². The van der Waals surface area contributed by atoms with Crippen LogP contribution in [0.1, 0.15) is 12.5 Å². The average Bonchev–Trinajstić information content (AvgIpc) is 2.17. The predicted octanol–water partition coefficient (Wildman–Crippen LogP) is 1.88. The molecule has 0 unspecified atom stereocenters. The van der Waals surface area contributed by atoms with Gasteiger partial charge in [-0.05, 0) is 24.6 Å². The summed E-state index contributed by atoms with van der Waals surface area (Å²) in [6.07, 6.45) is 0. The molecule has 0 aliphatic heterocycles. The minimum absolute atomic E-state index is 0.0939. The third-order valence-electron chi connectivity index (χ3n) is 1.85. The minimum Gasteiger partial charge on any atom is -0.303 e. The molecule has 1 aromatic rings. The van der Waals surface area contributed by atoms with Gasteiger partial charge in [-0.15, -0.1) is 0 Å². The summed E-state index contributed by atoms with van der Waals surface area (Å²) < 4.78 is 0. The van der Waals surface area contributed by atoms with Gasteiger partial charge < -0.3 is 5.01 Å². The highest BCUT2D eigenvalue weighted by Gasteiger charge is 2.05. The standard InChI is InChI=1S/C10H13N3O2/c1-8(11-12(2)3)9-4-6-10(7-5-9)13(14)15/h4-7H,1-3H3. The number of nitro benzene ring substituents is 1. The SMILES string of the molecule is CC(=NN(C)C)c1ccc([N+](=O)[O-])cc1. The molecule has 0 bridgehead atoms. The lowest BCUT2D eigenvalue weighted by molar-refractivity contribution is -0.384. The van der Waals surface area contributed by atoms with Gasteiger partial charge in [-0.3, -0.25) is 10.1 Å². The smallest absolute Gasteiger partial charge is 0.269 e. The van der Waals surface area contributed by atoms with Crippen molar-refractivity contribution in [2.24, 2.45) is 5.10 Å². The first kappa shape index (κ1) is 11.2. The van der Waals surface area contributed by atoms with Crippen LogP contribution in [0.5, 0.6) is 0 Å². The zero-order chi connectivity index (χ0) is 11.4. The highest BCUT2D eigenvalue weighted by Crippen LogP contribution is 2.12. The van der Waals surface area contributed by atoms with Crippen LogP contribution in [0.25, 0.3) is 0 Å². The van der Waals surface area contributed by atoms with Crippen LogP contribution in [-0.2, 0) is 0 Å². The number of hydrazone groups is 1. The lowest BCUT2D eigenvalue weighted by Gasteiger charge is -2.06. The Balaban J connectivity index is 2.94. The number of nitrogens with zero attached hydrogens (tertiary/aromatic N) is 3. The van der Waals surface area contributed by atoms with E-state index in [9.17, 15) is 10.1 Å². The van der Waals surface area contributed by atoms with E-state index in [0.717, 1.165) is 11.3 Å². The lowest BCUT2D eigenvalue weighted by atomic mass is 10.1. The lowest BCUT2D eigenvalue weighted by Crippen LogP contribution is -2.07. The van der Waals surface area contributed by atoms with Gasteiger partial charge in [0.2, 0.25) is 0 Å². The van der Waals surface area contributed by atoms with Crippen molar-refractivity contribution in [2.45, 2.75) is 6.92 Å². The maximum Gasteiger partial charge on any atom is 0.269 e. The molecular formula is C10H13N3O2. The third kappa shape index (κ3) is 3.05. The van der Waals surface area contributed by atoms with Crippen molar-refractivity contribution in [3.63, 3.8) is 0 Å². The van der Waals surface area contributed by atoms with E-state index < -0.39 is 4.92 Å². The van der Waals surface area contributed by atoms with Gasteiger partial charge in [0.15, 0.2) is 0 Å². The molecule has 0 spiro atoms. The van der Waals surface area contributed by atoms with Gasteiger partial charge in [0.25, 0.3) is 5.69 Å². The van der Waals surface area contributed by atoms with Crippen LogP contribution in [0.2, 0.25) is 0 Å². The molecule has 0 N–H and O–H groups in total. The van der Waals surface area contributed by atoms with Crippen LogP contribution in [0, 0.1) is 10.1 Å². The Kier molecular flexibility index (Phi) is 3.38. The summed E-state index contributed by atoms with van der Waals surface area (Å²) in [5, 5.41) is 16.3. The van der Waals surface area contributed by atoms with Crippen molar-refractivity contribution in [1.29, 1.82) is 0 Å². The molecule has 0 aliphatic carbocycles. The van der Waals surface area contributed by atoms with Crippen LogP contribution in [0.15, 0.2) is 29.4 Å². The molecule has 0 radical (unpaired) electrons. The van der Waals surface area contributed by atoms with E-state index in [1.807, 2.05) is 21.0 Å². The van der Waals surface area contributed by atoms with E-state index in [0.29, 0.717) is 0 Å². The third-order valence-corrected chi connectivity index (χ3v) is 1.85. The van der Waals surface area contributed by atoms with Gasteiger partial charge >= 0.3 is 0 Å². The zero-order valence-corrected chi connectivity index (χ0v) is 8.97. The van der Waals surface area contributed by atoms with Crippen LogP contribution in [-0.4, -0.2) is 29.7 Å². The monoisotopic (exact) mass is 207 g/mol. The predicted molar refractivity (Wildman–Crippen MR) is 59.0 cm³/mol. The Hall–Kier alpha value is -1.91. The second-order valence-electron chi connectivity index (χ2n) is 3.34. The summed E-state index contributed by atoms with van der Waals surface area (Å²) in [4.78, 5) is 10.0. The molecule has 0 aromatic heterocycles. The van der Waals surface area contributed by atoms with Gasteiger partial charge in [-0.25, -0.2) is 0 Å². The number of hydrogen-bond donors (Lipinski definition) is 0. The molecule has 1 rings (SSSR count). The Morgan fingerprint density at radius 2 is 1.87 bits per heavy atom. The molecule has 0 amide bonds. The number of nitro groups is 1. The first-order chi connectivity index (χ1) is 7.00. The fourth-order valence-electron chi connectivity index (χ4n) is 1.18. The second kappa shape index (κ2) is 4.54. The van der Waals surface area contributed by atoms with E-state index in [1.165, 1.54) is 12.1 Å². The molecule has 1 aromatic carbocycles. The average molecular weight is 207 g/mol. The fourth-order valence-corrected chi connectivity index (χ4v) is 1.18. The Morgan fingerprint density at radius 1 is 1.33 bits per heavy atom. The molecule has 0 heterocycles. The fraction of sp³-hybridized carbons (Fsp3) is 0.300. The normalized spacial score (nSPS) is 11.3. The van der Waals surface area contributed by atoms with Crippen LogP contribution >= 0.6 is 0 Å². The molecule has 5 nitrogen and oxygen atoms in total. The molecule has 15 heavy (non-hydrogen) atoms. The van der Waals surface area contributed by atoms with Gasteiger partial charge in [0.05, 0.1) is 10.6 Å². The largest absolute Gasteiger partial charge is 0.303 e. The summed E-state index contributed by atoms with van der Waals surface area (Å²) in [5.41, 5.74) is 1.81. The Labute approximate surface area is 88.2 Å². The number of non-ortho nitro benzene ring substituents is 1. The number of benzene rings is 1. The molecule has 0 aliphatic rings. The summed E-state index contributed by atoms with van der Waals surface area (Å²) in [6.45, 7) is 1.86. The molecular weight excluding hydrogens is 194 g/mol. The molecule has 5 heteroatoms. The van der Waals surface area contributed by atoms with Crippen molar-refractivity contribution in [2.75, 3.05) is 14.1 Å². The first-order valence-corrected chi connectivity index (χ1v) is 4.48. The molecule has 0 saturated carbocycles. The second-order valence-corrected chi connectivity index (χ2v) is 3.34. The summed E-state index contributed by atoms with van der Waals surface area (Å²) in [7, 11) is 3.66. The van der Waals surface area contributed by atoms with E-state index in [2.05, 4.69) is 5.10 Å². The quantitative estimate of drug-likeness (QED) is 0.432. The molecule has 0 saturated heterocycles. The van der Waals surface area contributed by atoms with Crippen LogP contribution in [0.3, 0.4) is 0 Å². The van der Waals surface area contributed by atoms with Crippen molar-refractivity contribution in [1.82, 2.24) is 5.01 Å². The highest BCUT2D eigenvalue weighted by atomic mass is 16.6. The topological polar surface area (TPSA) is 58.7 Å². The van der Waals surface area contributed by atoms with Crippen molar-refractivity contribution < 1.29 is 4.92 Å². The minimum atomic E-state index is -0.414. The van der Waals surface area contributed by atoms with Crippen molar-refractivity contribution in [3.8, 4) is 0 Å². The van der Waals surface area contributed by atoms with Gasteiger partial charge in [-0.1, -0.05) is 0 Å². The van der Waals surface area contributed by atoms with E-state index >= 15 is 0 Å². The van der Waals surface area contributed by atoms with E-state index in [4.69, 9.17) is 0 Å². The Morgan fingerprint density at radius 3 is 2.27 bits per heavy atom. The van der Waals surface area contributed by atoms with Gasteiger partial charge in [0.1, 0.15) is 0 Å². The maximum absolute atomic E-state index is 10.4. The summed E-state index contributed by atoms with van der Waals surface area (Å²) in [5.74, 6) is 0. The van der Waals surface area contributed by atoms with E-state index in [1.54, 1.807) is 17.1 Å².